The summed E-state index contributed by atoms with van der Waals surface area (Å²) in [4.78, 5) is 7.63. The van der Waals surface area contributed by atoms with Gasteiger partial charge in [0.1, 0.15) is 12.7 Å². The molecule has 0 atom stereocenters. The van der Waals surface area contributed by atoms with Gasteiger partial charge in [-0.3, -0.25) is 4.98 Å². The summed E-state index contributed by atoms with van der Waals surface area (Å²) in [6, 6.07) is 1.58. The van der Waals surface area contributed by atoms with Crippen LogP contribution in [0.4, 0.5) is 0 Å². The molecule has 0 aliphatic carbocycles. The van der Waals surface area contributed by atoms with Gasteiger partial charge in [0.2, 0.25) is 0 Å². The zero-order chi connectivity index (χ0) is 9.97. The van der Waals surface area contributed by atoms with Gasteiger partial charge in [-0.2, -0.15) is 5.10 Å². The summed E-state index contributed by atoms with van der Waals surface area (Å²) in [5, 5.41) is 21.7. The van der Waals surface area contributed by atoms with Crippen molar-refractivity contribution in [1.82, 2.24) is 19.7 Å². The molecule has 0 saturated carbocycles. The van der Waals surface area contributed by atoms with Gasteiger partial charge in [0.15, 0.2) is 0 Å². The first-order chi connectivity index (χ1) is 6.77. The van der Waals surface area contributed by atoms with Crippen molar-refractivity contribution in [1.29, 1.82) is 0 Å². The highest BCUT2D eigenvalue weighted by Crippen LogP contribution is 1.99. The van der Waals surface area contributed by atoms with Gasteiger partial charge in [0.25, 0.3) is 0 Å². The van der Waals surface area contributed by atoms with E-state index in [1.807, 2.05) is 0 Å². The third-order valence-corrected chi connectivity index (χ3v) is 1.73. The van der Waals surface area contributed by atoms with Crippen molar-refractivity contribution in [3.05, 3.63) is 31.1 Å². The Hall–Kier alpha value is -1.73. The van der Waals surface area contributed by atoms with E-state index in [1.165, 1.54) is 23.5 Å². The topological polar surface area (TPSA) is 84.1 Å². The standard InChI is InChI=1S/C7H7BN4O2/c13-8(14)6-1-7(3-9-2-6)12-5-10-4-11-12/h1-5,13-14H. The molecule has 2 rings (SSSR count). The van der Waals surface area contributed by atoms with Crippen molar-refractivity contribution < 1.29 is 10.0 Å². The van der Waals surface area contributed by atoms with Gasteiger partial charge >= 0.3 is 7.12 Å². The molecule has 70 valence electrons. The lowest BCUT2D eigenvalue weighted by Crippen LogP contribution is -2.30. The van der Waals surface area contributed by atoms with E-state index in [9.17, 15) is 0 Å². The van der Waals surface area contributed by atoms with Crippen molar-refractivity contribution in [2.45, 2.75) is 0 Å². The lowest BCUT2D eigenvalue weighted by molar-refractivity contribution is 0.425. The van der Waals surface area contributed by atoms with Gasteiger partial charge in [-0.1, -0.05) is 0 Å². The van der Waals surface area contributed by atoms with Gasteiger partial charge in [-0.25, -0.2) is 9.67 Å². The Morgan fingerprint density at radius 1 is 1.21 bits per heavy atom. The minimum absolute atomic E-state index is 0.318. The van der Waals surface area contributed by atoms with Crippen molar-refractivity contribution in [3.8, 4) is 5.69 Å². The first kappa shape index (κ1) is 8.85. The first-order valence-electron chi connectivity index (χ1n) is 3.93. The highest BCUT2D eigenvalue weighted by molar-refractivity contribution is 6.58. The summed E-state index contributed by atoms with van der Waals surface area (Å²) < 4.78 is 1.48. The molecule has 0 bridgehead atoms. The second-order valence-corrected chi connectivity index (χ2v) is 2.69. The lowest BCUT2D eigenvalue weighted by atomic mass is 9.81. The predicted molar refractivity (Wildman–Crippen MR) is 49.0 cm³/mol. The summed E-state index contributed by atoms with van der Waals surface area (Å²) in [6.07, 6.45) is 5.83. The molecule has 0 fully saturated rings. The molecular formula is C7H7BN4O2. The Kier molecular flexibility index (Phi) is 2.25. The Labute approximate surface area is 80.0 Å². The van der Waals surface area contributed by atoms with Crippen molar-refractivity contribution in [2.75, 3.05) is 0 Å². The quantitative estimate of drug-likeness (QED) is 0.553. The maximum absolute atomic E-state index is 8.92. The summed E-state index contributed by atoms with van der Waals surface area (Å²) in [7, 11) is -1.52. The van der Waals surface area contributed by atoms with Gasteiger partial charge < -0.3 is 10.0 Å². The number of hydrogen-bond donors (Lipinski definition) is 2. The third kappa shape index (κ3) is 1.63. The fourth-order valence-corrected chi connectivity index (χ4v) is 1.05. The van der Waals surface area contributed by atoms with Crippen LogP contribution in [0.5, 0.6) is 0 Å². The number of aromatic nitrogens is 4. The average molecular weight is 190 g/mol. The molecule has 0 aliphatic heterocycles. The van der Waals surface area contributed by atoms with Crippen molar-refractivity contribution >= 4 is 12.6 Å². The van der Waals surface area contributed by atoms with Crippen molar-refractivity contribution in [2.24, 2.45) is 0 Å². The number of hydrogen-bond acceptors (Lipinski definition) is 5. The van der Waals surface area contributed by atoms with Crippen LogP contribution in [0.1, 0.15) is 0 Å². The summed E-state index contributed by atoms with van der Waals surface area (Å²) in [5.74, 6) is 0. The summed E-state index contributed by atoms with van der Waals surface area (Å²) >= 11 is 0. The molecular weight excluding hydrogens is 183 g/mol. The van der Waals surface area contributed by atoms with E-state index in [4.69, 9.17) is 10.0 Å². The Morgan fingerprint density at radius 2 is 2.07 bits per heavy atom. The van der Waals surface area contributed by atoms with E-state index in [2.05, 4.69) is 15.1 Å². The van der Waals surface area contributed by atoms with Crippen LogP contribution in [0.3, 0.4) is 0 Å². The first-order valence-corrected chi connectivity index (χ1v) is 3.93. The van der Waals surface area contributed by atoms with E-state index < -0.39 is 7.12 Å². The fraction of sp³-hybridized carbons (Fsp3) is 0. The van der Waals surface area contributed by atoms with Crippen LogP contribution in [0, 0.1) is 0 Å². The molecule has 0 aromatic carbocycles. The average Bonchev–Trinajstić information content (AvgIpc) is 2.71. The maximum atomic E-state index is 8.92. The molecule has 2 aromatic heterocycles. The molecule has 0 spiro atoms. The number of nitrogens with zero attached hydrogens (tertiary/aromatic N) is 4. The maximum Gasteiger partial charge on any atom is 0.490 e. The predicted octanol–water partition coefficient (Wildman–Crippen LogP) is -1.66. The van der Waals surface area contributed by atoms with Crippen molar-refractivity contribution in [3.63, 3.8) is 0 Å². The fourth-order valence-electron chi connectivity index (χ4n) is 1.05. The summed E-state index contributed by atoms with van der Waals surface area (Å²) in [6.45, 7) is 0. The zero-order valence-corrected chi connectivity index (χ0v) is 7.15. The lowest BCUT2D eigenvalue weighted by Gasteiger charge is -2.02. The van der Waals surface area contributed by atoms with Crippen LogP contribution in [0.2, 0.25) is 0 Å². The van der Waals surface area contributed by atoms with Crippen LogP contribution < -0.4 is 5.46 Å². The Bertz CT molecular complexity index is 417. The minimum Gasteiger partial charge on any atom is -0.423 e. The van der Waals surface area contributed by atoms with Gasteiger partial charge in [-0.05, 0) is 6.07 Å². The molecule has 0 amide bonds. The molecule has 2 heterocycles. The largest absolute Gasteiger partial charge is 0.490 e. The molecule has 2 N–H and O–H groups in total. The van der Waals surface area contributed by atoms with Crippen LogP contribution in [0.25, 0.3) is 5.69 Å². The SMILES string of the molecule is OB(O)c1cncc(-n2cncn2)c1. The highest BCUT2D eigenvalue weighted by atomic mass is 16.4. The van der Waals surface area contributed by atoms with E-state index in [0.29, 0.717) is 11.2 Å². The van der Waals surface area contributed by atoms with E-state index >= 15 is 0 Å². The minimum atomic E-state index is -1.52. The normalized spacial score (nSPS) is 10.1. The molecule has 2 aromatic rings. The number of rotatable bonds is 2. The smallest absolute Gasteiger partial charge is 0.423 e. The molecule has 0 radical (unpaired) electrons. The Morgan fingerprint density at radius 3 is 2.71 bits per heavy atom. The molecule has 0 saturated heterocycles. The third-order valence-electron chi connectivity index (χ3n) is 1.73. The van der Waals surface area contributed by atoms with Crippen LogP contribution in [-0.4, -0.2) is 36.9 Å². The second-order valence-electron chi connectivity index (χ2n) is 2.69. The van der Waals surface area contributed by atoms with Crippen LogP contribution in [-0.2, 0) is 0 Å². The molecule has 0 aliphatic rings. The molecule has 6 nitrogen and oxygen atoms in total. The van der Waals surface area contributed by atoms with E-state index in [1.54, 1.807) is 12.3 Å². The van der Waals surface area contributed by atoms with Gasteiger partial charge in [0.05, 0.1) is 11.9 Å². The van der Waals surface area contributed by atoms with Gasteiger partial charge in [-0.15, -0.1) is 0 Å². The Balaban J connectivity index is 2.41. The molecule has 7 heteroatoms. The van der Waals surface area contributed by atoms with E-state index in [0.717, 1.165) is 0 Å². The molecule has 14 heavy (non-hydrogen) atoms. The highest BCUT2D eigenvalue weighted by Gasteiger charge is 2.11. The zero-order valence-electron chi connectivity index (χ0n) is 7.15. The second kappa shape index (κ2) is 3.56. The van der Waals surface area contributed by atoms with E-state index in [-0.39, 0.29) is 0 Å². The number of pyridine rings is 1. The molecule has 0 unspecified atom stereocenters. The monoisotopic (exact) mass is 190 g/mol. The van der Waals surface area contributed by atoms with Crippen LogP contribution >= 0.6 is 0 Å². The summed E-state index contributed by atoms with van der Waals surface area (Å²) in [5.41, 5.74) is 0.950. The van der Waals surface area contributed by atoms with Gasteiger partial charge in [0, 0.05) is 11.7 Å². The van der Waals surface area contributed by atoms with Crippen LogP contribution in [0.15, 0.2) is 31.1 Å².